The normalized spacial score (nSPS) is 15.2. The molecular weight excluding hydrogens is 206 g/mol. The first-order valence-corrected chi connectivity index (χ1v) is 5.42. The van der Waals surface area contributed by atoms with Gasteiger partial charge in [0.2, 0.25) is 0 Å². The maximum Gasteiger partial charge on any atom is 0.161 e. The first kappa shape index (κ1) is 13.0. The van der Waals surface area contributed by atoms with Crippen molar-refractivity contribution in [1.82, 2.24) is 9.78 Å². The standard InChI is InChI=1S/C11H21N3O2/c1-7(2)14-11(9(16-5)6-13-14)10(12)8(3)15-4/h6-8,10H,12H2,1-5H3. The molecule has 0 aliphatic carbocycles. The minimum Gasteiger partial charge on any atom is -0.493 e. The molecule has 2 atom stereocenters. The van der Waals surface area contributed by atoms with Crippen molar-refractivity contribution < 1.29 is 9.47 Å². The average molecular weight is 227 g/mol. The van der Waals surface area contributed by atoms with Gasteiger partial charge in [0.1, 0.15) is 0 Å². The average Bonchev–Trinajstić information content (AvgIpc) is 2.70. The lowest BCUT2D eigenvalue weighted by Gasteiger charge is -2.22. The van der Waals surface area contributed by atoms with Crippen LogP contribution in [0, 0.1) is 0 Å². The van der Waals surface area contributed by atoms with Gasteiger partial charge in [0, 0.05) is 13.2 Å². The van der Waals surface area contributed by atoms with Gasteiger partial charge in [-0.2, -0.15) is 5.10 Å². The van der Waals surface area contributed by atoms with E-state index < -0.39 is 0 Å². The number of nitrogens with two attached hydrogens (primary N) is 1. The van der Waals surface area contributed by atoms with Gasteiger partial charge in [-0.3, -0.25) is 4.68 Å². The Hall–Kier alpha value is -1.07. The van der Waals surface area contributed by atoms with Crippen LogP contribution in [-0.2, 0) is 4.74 Å². The molecule has 5 nitrogen and oxygen atoms in total. The molecule has 2 unspecified atom stereocenters. The van der Waals surface area contributed by atoms with Gasteiger partial charge in [-0.05, 0) is 20.8 Å². The van der Waals surface area contributed by atoms with Crippen molar-refractivity contribution in [2.75, 3.05) is 14.2 Å². The summed E-state index contributed by atoms with van der Waals surface area (Å²) in [7, 11) is 3.27. The Balaban J connectivity index is 3.12. The smallest absolute Gasteiger partial charge is 0.161 e. The Morgan fingerprint density at radius 2 is 1.94 bits per heavy atom. The molecule has 2 N–H and O–H groups in total. The molecule has 0 spiro atoms. The molecule has 92 valence electrons. The molecule has 1 aromatic heterocycles. The van der Waals surface area contributed by atoms with Crippen molar-refractivity contribution in [3.8, 4) is 5.75 Å². The van der Waals surface area contributed by atoms with Crippen LogP contribution in [0.4, 0.5) is 0 Å². The Bertz CT molecular complexity index is 336. The minimum atomic E-state index is -0.246. The molecule has 1 heterocycles. The fourth-order valence-electron chi connectivity index (χ4n) is 1.61. The van der Waals surface area contributed by atoms with Crippen molar-refractivity contribution in [2.24, 2.45) is 5.73 Å². The van der Waals surface area contributed by atoms with E-state index in [0.29, 0.717) is 5.75 Å². The van der Waals surface area contributed by atoms with E-state index in [4.69, 9.17) is 15.2 Å². The van der Waals surface area contributed by atoms with E-state index in [0.717, 1.165) is 5.69 Å². The maximum absolute atomic E-state index is 6.14. The highest BCUT2D eigenvalue weighted by Crippen LogP contribution is 2.28. The second-order valence-electron chi connectivity index (χ2n) is 4.10. The molecule has 0 amide bonds. The quantitative estimate of drug-likeness (QED) is 0.828. The monoisotopic (exact) mass is 227 g/mol. The molecule has 0 aromatic carbocycles. The molecule has 5 heteroatoms. The van der Waals surface area contributed by atoms with Gasteiger partial charge < -0.3 is 15.2 Å². The SMILES string of the molecule is COc1cnn(C(C)C)c1C(N)C(C)OC. The predicted octanol–water partition coefficient (Wildman–Crippen LogP) is 1.51. The van der Waals surface area contributed by atoms with E-state index in [1.807, 2.05) is 11.6 Å². The highest BCUT2D eigenvalue weighted by atomic mass is 16.5. The van der Waals surface area contributed by atoms with Gasteiger partial charge in [-0.1, -0.05) is 0 Å². The molecule has 0 radical (unpaired) electrons. The highest BCUT2D eigenvalue weighted by Gasteiger charge is 2.24. The van der Waals surface area contributed by atoms with Crippen LogP contribution in [-0.4, -0.2) is 30.1 Å². The summed E-state index contributed by atoms with van der Waals surface area (Å²) in [5.41, 5.74) is 7.02. The molecule has 1 rings (SSSR count). The van der Waals surface area contributed by atoms with Crippen molar-refractivity contribution in [3.05, 3.63) is 11.9 Å². The Labute approximate surface area is 96.5 Å². The van der Waals surface area contributed by atoms with Crippen LogP contribution in [0.25, 0.3) is 0 Å². The van der Waals surface area contributed by atoms with E-state index in [-0.39, 0.29) is 18.2 Å². The van der Waals surface area contributed by atoms with Gasteiger partial charge >= 0.3 is 0 Å². The lowest BCUT2D eigenvalue weighted by Crippen LogP contribution is -2.28. The number of hydrogen-bond donors (Lipinski definition) is 1. The first-order valence-electron chi connectivity index (χ1n) is 5.42. The zero-order chi connectivity index (χ0) is 12.3. The van der Waals surface area contributed by atoms with Gasteiger partial charge in [0.05, 0.1) is 31.1 Å². The van der Waals surface area contributed by atoms with Crippen molar-refractivity contribution in [2.45, 2.75) is 39.0 Å². The van der Waals surface area contributed by atoms with Crippen molar-refractivity contribution >= 4 is 0 Å². The molecule has 1 aromatic rings. The number of aromatic nitrogens is 2. The van der Waals surface area contributed by atoms with Gasteiger partial charge in [-0.15, -0.1) is 0 Å². The number of methoxy groups -OCH3 is 2. The summed E-state index contributed by atoms with van der Waals surface area (Å²) in [6.07, 6.45) is 1.61. The Kier molecular flexibility index (Phi) is 4.32. The molecular formula is C11H21N3O2. The summed E-state index contributed by atoms with van der Waals surface area (Å²) in [5, 5.41) is 4.28. The van der Waals surface area contributed by atoms with Crippen LogP contribution in [0.2, 0.25) is 0 Å². The van der Waals surface area contributed by atoms with E-state index in [1.54, 1.807) is 20.4 Å². The number of nitrogens with zero attached hydrogens (tertiary/aromatic N) is 2. The lowest BCUT2D eigenvalue weighted by atomic mass is 10.1. The highest BCUT2D eigenvalue weighted by molar-refractivity contribution is 5.29. The van der Waals surface area contributed by atoms with E-state index in [1.165, 1.54) is 0 Å². The summed E-state index contributed by atoms with van der Waals surface area (Å²) in [6, 6.07) is -0.00106. The molecule has 0 bridgehead atoms. The molecule has 0 saturated carbocycles. The van der Waals surface area contributed by atoms with Crippen LogP contribution in [0.5, 0.6) is 5.75 Å². The second kappa shape index (κ2) is 5.32. The van der Waals surface area contributed by atoms with E-state index >= 15 is 0 Å². The first-order chi connectivity index (χ1) is 7.52. The number of hydrogen-bond acceptors (Lipinski definition) is 4. The minimum absolute atomic E-state index is 0.0805. The summed E-state index contributed by atoms with van der Waals surface area (Å²) in [5.74, 6) is 0.713. The summed E-state index contributed by atoms with van der Waals surface area (Å²) in [4.78, 5) is 0. The number of rotatable bonds is 5. The van der Waals surface area contributed by atoms with Crippen LogP contribution in [0.1, 0.15) is 38.5 Å². The summed E-state index contributed by atoms with van der Waals surface area (Å²) < 4.78 is 12.4. The third-order valence-electron chi connectivity index (χ3n) is 2.70. The van der Waals surface area contributed by atoms with Crippen molar-refractivity contribution in [1.29, 1.82) is 0 Å². The third kappa shape index (κ3) is 2.36. The van der Waals surface area contributed by atoms with Crippen molar-refractivity contribution in [3.63, 3.8) is 0 Å². The molecule has 0 fully saturated rings. The van der Waals surface area contributed by atoms with E-state index in [9.17, 15) is 0 Å². The Morgan fingerprint density at radius 1 is 1.31 bits per heavy atom. The largest absolute Gasteiger partial charge is 0.493 e. The predicted molar refractivity (Wildman–Crippen MR) is 62.6 cm³/mol. The maximum atomic E-state index is 6.14. The Morgan fingerprint density at radius 3 is 2.38 bits per heavy atom. The topological polar surface area (TPSA) is 62.3 Å². The molecule has 0 saturated heterocycles. The lowest BCUT2D eigenvalue weighted by molar-refractivity contribution is 0.0916. The van der Waals surface area contributed by atoms with Gasteiger partial charge in [0.25, 0.3) is 0 Å². The molecule has 16 heavy (non-hydrogen) atoms. The van der Waals surface area contributed by atoms with Crippen LogP contribution < -0.4 is 10.5 Å². The second-order valence-corrected chi connectivity index (χ2v) is 4.10. The molecule has 0 aliphatic heterocycles. The fourth-order valence-corrected chi connectivity index (χ4v) is 1.61. The zero-order valence-corrected chi connectivity index (χ0v) is 10.6. The van der Waals surface area contributed by atoms with Crippen LogP contribution in [0.3, 0.4) is 0 Å². The summed E-state index contributed by atoms with van der Waals surface area (Å²) in [6.45, 7) is 6.04. The van der Waals surface area contributed by atoms with Crippen LogP contribution in [0.15, 0.2) is 6.20 Å². The van der Waals surface area contributed by atoms with E-state index in [2.05, 4.69) is 18.9 Å². The fraction of sp³-hybridized carbons (Fsp3) is 0.727. The van der Waals surface area contributed by atoms with Crippen LogP contribution >= 0.6 is 0 Å². The zero-order valence-electron chi connectivity index (χ0n) is 10.6. The molecule has 0 aliphatic rings. The van der Waals surface area contributed by atoms with Gasteiger partial charge in [-0.25, -0.2) is 0 Å². The number of ether oxygens (including phenoxy) is 2. The summed E-state index contributed by atoms with van der Waals surface area (Å²) >= 11 is 0. The van der Waals surface area contributed by atoms with Gasteiger partial charge in [0.15, 0.2) is 5.75 Å². The third-order valence-corrected chi connectivity index (χ3v) is 2.70.